The van der Waals surface area contributed by atoms with Crippen LogP contribution in [0.3, 0.4) is 0 Å². The summed E-state index contributed by atoms with van der Waals surface area (Å²) < 4.78 is 0. The summed E-state index contributed by atoms with van der Waals surface area (Å²) >= 11 is 5.70. The lowest BCUT2D eigenvalue weighted by Gasteiger charge is -2.19. The normalized spacial score (nSPS) is 19.0. The first kappa shape index (κ1) is 11.9. The molecule has 5 nitrogen and oxygen atoms in total. The average Bonchev–Trinajstić information content (AvgIpc) is 2.32. The fourth-order valence-corrected chi connectivity index (χ4v) is 1.95. The van der Waals surface area contributed by atoms with Gasteiger partial charge in [-0.2, -0.15) is 0 Å². The zero-order valence-corrected chi connectivity index (χ0v) is 9.85. The van der Waals surface area contributed by atoms with Gasteiger partial charge in [0.1, 0.15) is 0 Å². The fourth-order valence-electron chi connectivity index (χ4n) is 1.80. The summed E-state index contributed by atoms with van der Waals surface area (Å²) in [7, 11) is 0. The second-order valence-corrected chi connectivity index (χ2v) is 4.34. The van der Waals surface area contributed by atoms with E-state index in [-0.39, 0.29) is 16.8 Å². The first-order chi connectivity index (χ1) is 8.16. The van der Waals surface area contributed by atoms with Gasteiger partial charge in [0.2, 0.25) is 5.82 Å². The molecule has 1 N–H and O–H groups in total. The summed E-state index contributed by atoms with van der Waals surface area (Å²) in [4.78, 5) is 14.4. The molecule has 0 aliphatic heterocycles. The zero-order valence-electron chi connectivity index (χ0n) is 9.10. The number of pyridine rings is 1. The topological polar surface area (TPSA) is 68.1 Å². The number of nitrogens with zero attached hydrogens (tertiary/aromatic N) is 2. The largest absolute Gasteiger partial charge is 0.361 e. The van der Waals surface area contributed by atoms with Crippen molar-refractivity contribution in [3.63, 3.8) is 0 Å². The lowest BCUT2D eigenvalue weighted by atomic mass is 10.0. The van der Waals surface area contributed by atoms with Gasteiger partial charge in [-0.1, -0.05) is 23.8 Å². The van der Waals surface area contributed by atoms with Crippen LogP contribution in [0.1, 0.15) is 19.3 Å². The zero-order chi connectivity index (χ0) is 12.3. The highest BCUT2D eigenvalue weighted by atomic mass is 35.5. The van der Waals surface area contributed by atoms with Gasteiger partial charge in [0.25, 0.3) is 0 Å². The van der Waals surface area contributed by atoms with Crippen LogP contribution in [-0.4, -0.2) is 15.9 Å². The molecule has 1 aliphatic carbocycles. The summed E-state index contributed by atoms with van der Waals surface area (Å²) in [6.07, 6.45) is 8.40. The molecule has 2 rings (SSSR count). The van der Waals surface area contributed by atoms with E-state index in [1.165, 1.54) is 12.3 Å². The number of rotatable bonds is 3. The molecule has 0 radical (unpaired) electrons. The summed E-state index contributed by atoms with van der Waals surface area (Å²) in [6, 6.07) is 1.52. The van der Waals surface area contributed by atoms with E-state index in [9.17, 15) is 10.1 Å². The Bertz CT molecular complexity index is 462. The van der Waals surface area contributed by atoms with Crippen molar-refractivity contribution in [1.29, 1.82) is 0 Å². The molecule has 0 aromatic carbocycles. The van der Waals surface area contributed by atoms with Crippen molar-refractivity contribution in [2.45, 2.75) is 25.3 Å². The molecule has 0 spiro atoms. The van der Waals surface area contributed by atoms with E-state index in [2.05, 4.69) is 22.5 Å². The Hall–Kier alpha value is -1.62. The molecule has 17 heavy (non-hydrogen) atoms. The number of allylic oxidation sites excluding steroid dienone is 1. The third-order valence-electron chi connectivity index (χ3n) is 2.64. The monoisotopic (exact) mass is 253 g/mol. The van der Waals surface area contributed by atoms with Crippen LogP contribution in [0.25, 0.3) is 0 Å². The number of nitro groups is 1. The minimum absolute atomic E-state index is 0.0768. The van der Waals surface area contributed by atoms with E-state index in [1.54, 1.807) is 0 Å². The van der Waals surface area contributed by atoms with Crippen LogP contribution < -0.4 is 5.32 Å². The Labute approximate surface area is 104 Å². The van der Waals surface area contributed by atoms with Crippen LogP contribution in [0.4, 0.5) is 11.5 Å². The van der Waals surface area contributed by atoms with Crippen molar-refractivity contribution in [1.82, 2.24) is 4.98 Å². The van der Waals surface area contributed by atoms with E-state index in [0.717, 1.165) is 19.3 Å². The van der Waals surface area contributed by atoms with Crippen LogP contribution in [0.2, 0.25) is 5.02 Å². The standard InChI is InChI=1S/C11H12ClN3O2/c12-8-6-10(15(16)17)11(13-7-8)14-9-4-2-1-3-5-9/h1-2,6-7,9H,3-5H2,(H,13,14). The molecule has 6 heteroatoms. The van der Waals surface area contributed by atoms with E-state index in [1.807, 2.05) is 0 Å². The SMILES string of the molecule is O=[N+]([O-])c1cc(Cl)cnc1NC1CC=CCC1. The van der Waals surface area contributed by atoms with Gasteiger partial charge in [-0.3, -0.25) is 10.1 Å². The smallest absolute Gasteiger partial charge is 0.312 e. The van der Waals surface area contributed by atoms with Crippen LogP contribution in [0, 0.1) is 10.1 Å². The van der Waals surface area contributed by atoms with Gasteiger partial charge in [0, 0.05) is 18.3 Å². The average molecular weight is 254 g/mol. The lowest BCUT2D eigenvalue weighted by Crippen LogP contribution is -2.21. The minimum Gasteiger partial charge on any atom is -0.361 e. The van der Waals surface area contributed by atoms with Gasteiger partial charge >= 0.3 is 5.69 Å². The van der Waals surface area contributed by atoms with Gasteiger partial charge in [-0.15, -0.1) is 0 Å². The quantitative estimate of drug-likeness (QED) is 0.510. The van der Waals surface area contributed by atoms with Crippen molar-refractivity contribution in [2.24, 2.45) is 0 Å². The van der Waals surface area contributed by atoms with Gasteiger partial charge in [-0.05, 0) is 19.3 Å². The van der Waals surface area contributed by atoms with Crippen LogP contribution in [0.5, 0.6) is 0 Å². The van der Waals surface area contributed by atoms with E-state index in [0.29, 0.717) is 5.82 Å². The molecule has 0 bridgehead atoms. The summed E-state index contributed by atoms with van der Waals surface area (Å²) in [5.74, 6) is 0.291. The summed E-state index contributed by atoms with van der Waals surface area (Å²) in [6.45, 7) is 0. The van der Waals surface area contributed by atoms with Gasteiger partial charge < -0.3 is 5.32 Å². The molecule has 0 fully saturated rings. The first-order valence-corrected chi connectivity index (χ1v) is 5.76. The second kappa shape index (κ2) is 5.14. The molecular formula is C11H12ClN3O2. The molecule has 90 valence electrons. The van der Waals surface area contributed by atoms with Crippen LogP contribution >= 0.6 is 11.6 Å². The van der Waals surface area contributed by atoms with Crippen molar-refractivity contribution in [2.75, 3.05) is 5.32 Å². The Morgan fingerprint density at radius 1 is 1.53 bits per heavy atom. The number of halogens is 1. The van der Waals surface area contributed by atoms with Crippen molar-refractivity contribution in [3.8, 4) is 0 Å². The van der Waals surface area contributed by atoms with Gasteiger partial charge in [0.05, 0.1) is 9.95 Å². The molecule has 1 aliphatic rings. The lowest BCUT2D eigenvalue weighted by molar-refractivity contribution is -0.384. The third-order valence-corrected chi connectivity index (χ3v) is 2.85. The third kappa shape index (κ3) is 2.94. The van der Waals surface area contributed by atoms with E-state index in [4.69, 9.17) is 11.6 Å². The van der Waals surface area contributed by atoms with Crippen molar-refractivity contribution < 1.29 is 4.92 Å². The molecule has 1 unspecified atom stereocenters. The number of nitrogens with one attached hydrogen (secondary N) is 1. The molecule has 0 saturated carbocycles. The summed E-state index contributed by atoms with van der Waals surface area (Å²) in [5.41, 5.74) is -0.0768. The number of hydrogen-bond donors (Lipinski definition) is 1. The Morgan fingerprint density at radius 2 is 2.35 bits per heavy atom. The molecule has 1 atom stereocenters. The molecule has 0 saturated heterocycles. The second-order valence-electron chi connectivity index (χ2n) is 3.90. The van der Waals surface area contributed by atoms with Crippen molar-refractivity contribution in [3.05, 3.63) is 39.6 Å². The van der Waals surface area contributed by atoms with Crippen LogP contribution in [0.15, 0.2) is 24.4 Å². The minimum atomic E-state index is -0.472. The summed E-state index contributed by atoms with van der Waals surface area (Å²) in [5, 5.41) is 14.2. The predicted octanol–water partition coefficient (Wildman–Crippen LogP) is 3.16. The molecule has 1 heterocycles. The maximum Gasteiger partial charge on any atom is 0.312 e. The fraction of sp³-hybridized carbons (Fsp3) is 0.364. The first-order valence-electron chi connectivity index (χ1n) is 5.38. The highest BCUT2D eigenvalue weighted by Crippen LogP contribution is 2.27. The van der Waals surface area contributed by atoms with E-state index < -0.39 is 4.92 Å². The Kier molecular flexibility index (Phi) is 3.58. The molecular weight excluding hydrogens is 242 g/mol. The molecule has 0 amide bonds. The van der Waals surface area contributed by atoms with E-state index >= 15 is 0 Å². The number of aromatic nitrogens is 1. The highest BCUT2D eigenvalue weighted by Gasteiger charge is 2.19. The molecule has 1 aromatic rings. The highest BCUT2D eigenvalue weighted by molar-refractivity contribution is 6.30. The van der Waals surface area contributed by atoms with Gasteiger partial charge in [-0.25, -0.2) is 4.98 Å². The maximum absolute atomic E-state index is 10.9. The van der Waals surface area contributed by atoms with Crippen molar-refractivity contribution >= 4 is 23.1 Å². The number of anilines is 1. The number of hydrogen-bond acceptors (Lipinski definition) is 4. The molecule has 1 aromatic heterocycles. The Morgan fingerprint density at radius 3 is 3.00 bits per heavy atom. The predicted molar refractivity (Wildman–Crippen MR) is 66.3 cm³/mol. The van der Waals surface area contributed by atoms with Crippen LogP contribution in [-0.2, 0) is 0 Å². The Balaban J connectivity index is 2.19. The van der Waals surface area contributed by atoms with Gasteiger partial charge in [0.15, 0.2) is 0 Å². The maximum atomic E-state index is 10.9.